The third kappa shape index (κ3) is 3.97. The van der Waals surface area contributed by atoms with Crippen molar-refractivity contribution in [3.63, 3.8) is 0 Å². The molecule has 1 saturated heterocycles. The summed E-state index contributed by atoms with van der Waals surface area (Å²) in [5, 5.41) is 4.58. The van der Waals surface area contributed by atoms with Crippen LogP contribution in [0.4, 0.5) is 4.79 Å². The Balaban J connectivity index is 1.86. The Kier molecular flexibility index (Phi) is 5.01. The van der Waals surface area contributed by atoms with E-state index in [-0.39, 0.29) is 5.57 Å². The molecule has 126 valence electrons. The first-order valence-electron chi connectivity index (χ1n) is 7.34. The van der Waals surface area contributed by atoms with Crippen LogP contribution in [0.5, 0.6) is 0 Å². The van der Waals surface area contributed by atoms with E-state index in [0.29, 0.717) is 17.0 Å². The third-order valence-electron chi connectivity index (χ3n) is 3.67. The van der Waals surface area contributed by atoms with E-state index in [4.69, 9.17) is 11.6 Å². The first kappa shape index (κ1) is 17.4. The topological polar surface area (TPSA) is 75.3 Å². The van der Waals surface area contributed by atoms with Crippen LogP contribution in [0.3, 0.4) is 0 Å². The molecule has 0 aliphatic carbocycles. The van der Waals surface area contributed by atoms with Gasteiger partial charge in [0.05, 0.1) is 0 Å². The Hall–Kier alpha value is -2.44. The zero-order valence-electron chi connectivity index (χ0n) is 12.8. The van der Waals surface area contributed by atoms with Gasteiger partial charge in [0.25, 0.3) is 11.8 Å². The molecule has 0 atom stereocenters. The molecule has 7 heteroatoms. The van der Waals surface area contributed by atoms with Gasteiger partial charge in [-0.15, -0.1) is 0 Å². The molecule has 1 heterocycles. The molecular weight excluding hydrogens is 408 g/mol. The van der Waals surface area contributed by atoms with Crippen LogP contribution >= 0.6 is 27.5 Å². The van der Waals surface area contributed by atoms with Gasteiger partial charge in [-0.05, 0) is 34.9 Å². The van der Waals surface area contributed by atoms with Gasteiger partial charge in [0.1, 0.15) is 5.57 Å². The number of nitrogens with one attached hydrogen (secondary N) is 2. The molecule has 3 rings (SSSR count). The first-order valence-corrected chi connectivity index (χ1v) is 8.51. The highest BCUT2D eigenvalue weighted by molar-refractivity contribution is 9.10. The zero-order valence-corrected chi connectivity index (χ0v) is 15.1. The summed E-state index contributed by atoms with van der Waals surface area (Å²) in [6.07, 6.45) is 2.04. The molecule has 1 fully saturated rings. The number of amides is 4. The number of urea groups is 1. The standard InChI is InChI=1S/C18H12BrClN2O3/c19-14-4-2-1-3-11(14)9-12-6-5-10(8-15(12)20)7-13-16(23)21-18(25)22-17(13)24/h1-8H,9H2,(H2,21,22,23,24,25). The van der Waals surface area contributed by atoms with Crippen LogP contribution < -0.4 is 10.6 Å². The molecule has 0 unspecified atom stereocenters. The van der Waals surface area contributed by atoms with Crippen molar-refractivity contribution >= 4 is 51.5 Å². The molecule has 0 spiro atoms. The SMILES string of the molecule is O=C1NC(=O)C(=Cc2ccc(Cc3ccccc3Br)c(Cl)c2)C(=O)N1. The highest BCUT2D eigenvalue weighted by Gasteiger charge is 2.27. The van der Waals surface area contributed by atoms with Crippen LogP contribution in [0.25, 0.3) is 6.08 Å². The van der Waals surface area contributed by atoms with Crippen molar-refractivity contribution in [3.05, 3.63) is 74.2 Å². The van der Waals surface area contributed by atoms with Crippen LogP contribution in [-0.4, -0.2) is 17.8 Å². The van der Waals surface area contributed by atoms with Crippen molar-refractivity contribution in [2.75, 3.05) is 0 Å². The average Bonchev–Trinajstić information content (AvgIpc) is 2.55. The maximum absolute atomic E-state index is 11.8. The minimum Gasteiger partial charge on any atom is -0.273 e. The van der Waals surface area contributed by atoms with Gasteiger partial charge in [-0.3, -0.25) is 20.2 Å². The predicted octanol–water partition coefficient (Wildman–Crippen LogP) is 3.44. The van der Waals surface area contributed by atoms with Gasteiger partial charge in [-0.25, -0.2) is 4.79 Å². The lowest BCUT2D eigenvalue weighted by Crippen LogP contribution is -2.51. The van der Waals surface area contributed by atoms with Crippen molar-refractivity contribution in [2.24, 2.45) is 0 Å². The molecule has 4 amide bonds. The predicted molar refractivity (Wildman–Crippen MR) is 98.1 cm³/mol. The maximum atomic E-state index is 11.8. The minimum absolute atomic E-state index is 0.144. The fraction of sp³-hybridized carbons (Fsp3) is 0.0556. The largest absolute Gasteiger partial charge is 0.328 e. The molecule has 2 aromatic rings. The van der Waals surface area contributed by atoms with Gasteiger partial charge in [0.2, 0.25) is 0 Å². The summed E-state index contributed by atoms with van der Waals surface area (Å²) in [6, 6.07) is 12.3. The second kappa shape index (κ2) is 7.21. The second-order valence-corrected chi connectivity index (χ2v) is 6.68. The zero-order chi connectivity index (χ0) is 18.0. The fourth-order valence-electron chi connectivity index (χ4n) is 2.42. The van der Waals surface area contributed by atoms with Crippen LogP contribution in [0.1, 0.15) is 16.7 Å². The van der Waals surface area contributed by atoms with E-state index in [0.717, 1.165) is 15.6 Å². The summed E-state index contributed by atoms with van der Waals surface area (Å²) in [5.41, 5.74) is 2.47. The summed E-state index contributed by atoms with van der Waals surface area (Å²) in [5.74, 6) is -1.47. The Morgan fingerprint density at radius 3 is 2.28 bits per heavy atom. The molecule has 1 aliphatic heterocycles. The number of halogens is 2. The van der Waals surface area contributed by atoms with Crippen molar-refractivity contribution in [1.29, 1.82) is 0 Å². The second-order valence-electron chi connectivity index (χ2n) is 5.41. The summed E-state index contributed by atoms with van der Waals surface area (Å²) in [7, 11) is 0. The number of hydrogen-bond acceptors (Lipinski definition) is 3. The van der Waals surface area contributed by atoms with Gasteiger partial charge in [-0.1, -0.05) is 57.9 Å². The van der Waals surface area contributed by atoms with E-state index < -0.39 is 17.8 Å². The Labute approximate surface area is 157 Å². The van der Waals surface area contributed by atoms with Gasteiger partial charge >= 0.3 is 6.03 Å². The number of hydrogen-bond donors (Lipinski definition) is 2. The molecule has 1 aliphatic rings. The fourth-order valence-corrected chi connectivity index (χ4v) is 3.10. The van der Waals surface area contributed by atoms with Crippen LogP contribution in [-0.2, 0) is 16.0 Å². The van der Waals surface area contributed by atoms with E-state index in [1.165, 1.54) is 6.08 Å². The van der Waals surface area contributed by atoms with Crippen LogP contribution in [0.2, 0.25) is 5.02 Å². The van der Waals surface area contributed by atoms with E-state index in [1.54, 1.807) is 12.1 Å². The smallest absolute Gasteiger partial charge is 0.273 e. The summed E-state index contributed by atoms with van der Waals surface area (Å²) < 4.78 is 0.998. The third-order valence-corrected chi connectivity index (χ3v) is 4.80. The highest BCUT2D eigenvalue weighted by atomic mass is 79.9. The van der Waals surface area contributed by atoms with E-state index >= 15 is 0 Å². The van der Waals surface area contributed by atoms with Crippen molar-refractivity contribution in [1.82, 2.24) is 10.6 Å². The van der Waals surface area contributed by atoms with Crippen LogP contribution in [0, 0.1) is 0 Å². The number of rotatable bonds is 3. The van der Waals surface area contributed by atoms with Gasteiger partial charge in [-0.2, -0.15) is 0 Å². The van der Waals surface area contributed by atoms with E-state index in [1.807, 2.05) is 41.0 Å². The number of carbonyl (C=O) groups excluding carboxylic acids is 3. The number of benzene rings is 2. The Morgan fingerprint density at radius 1 is 0.960 bits per heavy atom. The molecule has 2 N–H and O–H groups in total. The molecule has 2 aromatic carbocycles. The van der Waals surface area contributed by atoms with E-state index in [2.05, 4.69) is 15.9 Å². The summed E-state index contributed by atoms with van der Waals surface area (Å²) in [4.78, 5) is 34.6. The highest BCUT2D eigenvalue weighted by Crippen LogP contribution is 2.25. The molecular formula is C18H12BrClN2O3. The van der Waals surface area contributed by atoms with Gasteiger partial charge in [0, 0.05) is 15.9 Å². The maximum Gasteiger partial charge on any atom is 0.328 e. The lowest BCUT2D eigenvalue weighted by Gasteiger charge is -2.14. The van der Waals surface area contributed by atoms with Gasteiger partial charge < -0.3 is 0 Å². The number of imide groups is 2. The molecule has 25 heavy (non-hydrogen) atoms. The van der Waals surface area contributed by atoms with Crippen molar-refractivity contribution in [3.8, 4) is 0 Å². The Morgan fingerprint density at radius 2 is 1.64 bits per heavy atom. The number of carbonyl (C=O) groups is 3. The van der Waals surface area contributed by atoms with Crippen molar-refractivity contribution < 1.29 is 14.4 Å². The monoisotopic (exact) mass is 418 g/mol. The van der Waals surface area contributed by atoms with E-state index in [9.17, 15) is 14.4 Å². The Bertz CT molecular complexity index is 902. The average molecular weight is 420 g/mol. The summed E-state index contributed by atoms with van der Waals surface area (Å²) >= 11 is 9.85. The first-order chi connectivity index (χ1) is 11.9. The molecule has 0 aromatic heterocycles. The molecule has 0 radical (unpaired) electrons. The minimum atomic E-state index is -0.825. The molecule has 0 saturated carbocycles. The van der Waals surface area contributed by atoms with Crippen molar-refractivity contribution in [2.45, 2.75) is 6.42 Å². The molecule has 0 bridgehead atoms. The lowest BCUT2D eigenvalue weighted by atomic mass is 10.0. The normalized spacial score (nSPS) is 14.2. The summed E-state index contributed by atoms with van der Waals surface area (Å²) in [6.45, 7) is 0. The van der Waals surface area contributed by atoms with Gasteiger partial charge in [0.15, 0.2) is 0 Å². The number of barbiturate groups is 1. The molecule has 5 nitrogen and oxygen atoms in total. The van der Waals surface area contributed by atoms with Crippen LogP contribution in [0.15, 0.2) is 52.5 Å². The quantitative estimate of drug-likeness (QED) is 0.591. The lowest BCUT2D eigenvalue weighted by molar-refractivity contribution is -0.123.